The molecule has 0 radical (unpaired) electrons. The van der Waals surface area contributed by atoms with Crippen LogP contribution in [0.15, 0.2) is 18.3 Å². The number of pyridine rings is 2. The molecule has 0 atom stereocenters. The maximum absolute atomic E-state index is 8.83. The number of aryl methyl sites for hydroxylation is 2. The summed E-state index contributed by atoms with van der Waals surface area (Å²) in [5.74, 6) is 0. The first-order valence-electron chi connectivity index (χ1n) is 4.35. The summed E-state index contributed by atoms with van der Waals surface area (Å²) in [6.45, 7) is 3.83. The van der Waals surface area contributed by atoms with Crippen LogP contribution in [0.1, 0.15) is 16.8 Å². The van der Waals surface area contributed by atoms with Crippen LogP contribution in [0.25, 0.3) is 11.0 Å². The Kier molecular flexibility index (Phi) is 1.90. The van der Waals surface area contributed by atoms with Crippen molar-refractivity contribution in [3.63, 3.8) is 0 Å². The number of aromatic nitrogens is 2. The van der Waals surface area contributed by atoms with Gasteiger partial charge in [-0.25, -0.2) is 0 Å². The molecule has 0 bridgehead atoms. The van der Waals surface area contributed by atoms with Crippen LogP contribution < -0.4 is 0 Å². The predicted molar refractivity (Wildman–Crippen MR) is 53.7 cm³/mol. The second-order valence-corrected chi connectivity index (χ2v) is 3.23. The molecular formula is C11H9N3. The van der Waals surface area contributed by atoms with Crippen LogP contribution in [-0.4, -0.2) is 9.97 Å². The maximum Gasteiger partial charge on any atom is 0.101 e. The van der Waals surface area contributed by atoms with Crippen molar-refractivity contribution >= 4 is 11.0 Å². The van der Waals surface area contributed by atoms with E-state index in [2.05, 4.69) is 16.0 Å². The number of rotatable bonds is 0. The molecule has 0 aliphatic heterocycles. The van der Waals surface area contributed by atoms with Crippen molar-refractivity contribution in [1.82, 2.24) is 9.97 Å². The molecule has 3 nitrogen and oxygen atoms in total. The van der Waals surface area contributed by atoms with Crippen molar-refractivity contribution in [1.29, 1.82) is 5.26 Å². The zero-order valence-electron chi connectivity index (χ0n) is 8.07. The van der Waals surface area contributed by atoms with E-state index >= 15 is 0 Å². The highest BCUT2D eigenvalue weighted by Gasteiger charge is 2.05. The number of fused-ring (bicyclic) bond motifs is 1. The summed E-state index contributed by atoms with van der Waals surface area (Å²) in [5.41, 5.74) is 4.10. The molecule has 0 unspecified atom stereocenters. The summed E-state index contributed by atoms with van der Waals surface area (Å²) in [6.07, 6.45) is 1.59. The molecule has 2 aromatic rings. The molecule has 0 amide bonds. The van der Waals surface area contributed by atoms with E-state index in [-0.39, 0.29) is 0 Å². The van der Waals surface area contributed by atoms with E-state index in [0.29, 0.717) is 5.56 Å². The van der Waals surface area contributed by atoms with Gasteiger partial charge in [-0.05, 0) is 31.5 Å². The summed E-state index contributed by atoms with van der Waals surface area (Å²) < 4.78 is 0. The Morgan fingerprint density at radius 1 is 1.29 bits per heavy atom. The topological polar surface area (TPSA) is 49.6 Å². The van der Waals surface area contributed by atoms with Gasteiger partial charge in [0.05, 0.1) is 16.6 Å². The van der Waals surface area contributed by atoms with Gasteiger partial charge in [-0.3, -0.25) is 9.97 Å². The van der Waals surface area contributed by atoms with Crippen LogP contribution in [0.4, 0.5) is 0 Å². The molecule has 0 aliphatic rings. The normalized spacial score (nSPS) is 10.1. The molecule has 2 aromatic heterocycles. The Morgan fingerprint density at radius 2 is 2.07 bits per heavy atom. The first-order chi connectivity index (χ1) is 6.72. The molecule has 68 valence electrons. The molecule has 0 aliphatic carbocycles. The van der Waals surface area contributed by atoms with Gasteiger partial charge < -0.3 is 0 Å². The fourth-order valence-electron chi connectivity index (χ4n) is 1.40. The number of nitrogens with zero attached hydrogens (tertiary/aromatic N) is 3. The molecule has 0 N–H and O–H groups in total. The molecule has 2 rings (SSSR count). The Morgan fingerprint density at radius 3 is 2.79 bits per heavy atom. The van der Waals surface area contributed by atoms with Gasteiger partial charge in [0.1, 0.15) is 6.07 Å². The van der Waals surface area contributed by atoms with Gasteiger partial charge in [0, 0.05) is 11.9 Å². The van der Waals surface area contributed by atoms with E-state index in [1.807, 2.05) is 26.0 Å². The monoisotopic (exact) mass is 183 g/mol. The van der Waals surface area contributed by atoms with Crippen molar-refractivity contribution in [3.05, 3.63) is 35.2 Å². The largest absolute Gasteiger partial charge is 0.253 e. The van der Waals surface area contributed by atoms with Crippen LogP contribution in [0, 0.1) is 25.2 Å². The minimum absolute atomic E-state index is 0.593. The second kappa shape index (κ2) is 3.08. The third-order valence-electron chi connectivity index (χ3n) is 2.23. The lowest BCUT2D eigenvalue weighted by Crippen LogP contribution is -1.92. The number of nitriles is 1. The summed E-state index contributed by atoms with van der Waals surface area (Å²) in [7, 11) is 0. The van der Waals surface area contributed by atoms with E-state index in [0.717, 1.165) is 22.3 Å². The van der Waals surface area contributed by atoms with Crippen LogP contribution in [0.5, 0.6) is 0 Å². The zero-order valence-corrected chi connectivity index (χ0v) is 8.07. The molecule has 3 heteroatoms. The lowest BCUT2D eigenvalue weighted by molar-refractivity contribution is 1.21. The lowest BCUT2D eigenvalue weighted by Gasteiger charge is -2.02. The average molecular weight is 183 g/mol. The zero-order chi connectivity index (χ0) is 10.1. The van der Waals surface area contributed by atoms with Crippen molar-refractivity contribution in [2.24, 2.45) is 0 Å². The standard InChI is InChI=1S/C11H9N3/c1-7-3-4-10-11(14-7)8(2)9(5-12)6-13-10/h3-4,6H,1-2H3. The average Bonchev–Trinajstić information content (AvgIpc) is 2.20. The Bertz CT molecular complexity index is 538. The van der Waals surface area contributed by atoms with E-state index in [9.17, 15) is 0 Å². The molecule has 0 spiro atoms. The summed E-state index contributed by atoms with van der Waals surface area (Å²) >= 11 is 0. The van der Waals surface area contributed by atoms with E-state index in [4.69, 9.17) is 5.26 Å². The number of hydrogen-bond donors (Lipinski definition) is 0. The van der Waals surface area contributed by atoms with Gasteiger partial charge in [-0.1, -0.05) is 0 Å². The molecule has 0 saturated carbocycles. The smallest absolute Gasteiger partial charge is 0.101 e. The highest BCUT2D eigenvalue weighted by Crippen LogP contribution is 2.17. The third kappa shape index (κ3) is 1.21. The molecule has 14 heavy (non-hydrogen) atoms. The molecule has 0 saturated heterocycles. The Hall–Kier alpha value is -1.95. The highest BCUT2D eigenvalue weighted by atomic mass is 14.8. The van der Waals surface area contributed by atoms with Crippen molar-refractivity contribution < 1.29 is 0 Å². The minimum Gasteiger partial charge on any atom is -0.253 e. The van der Waals surface area contributed by atoms with Gasteiger partial charge in [-0.2, -0.15) is 5.26 Å². The first kappa shape index (κ1) is 8.64. The molecule has 0 fully saturated rings. The van der Waals surface area contributed by atoms with Crippen molar-refractivity contribution in [2.75, 3.05) is 0 Å². The highest BCUT2D eigenvalue weighted by molar-refractivity contribution is 5.79. The van der Waals surface area contributed by atoms with Gasteiger partial charge >= 0.3 is 0 Å². The van der Waals surface area contributed by atoms with E-state index in [1.165, 1.54) is 0 Å². The Balaban J connectivity index is 2.88. The summed E-state index contributed by atoms with van der Waals surface area (Å²) in [6, 6.07) is 5.94. The first-order valence-corrected chi connectivity index (χ1v) is 4.35. The van der Waals surface area contributed by atoms with Crippen molar-refractivity contribution in [2.45, 2.75) is 13.8 Å². The number of hydrogen-bond acceptors (Lipinski definition) is 3. The predicted octanol–water partition coefficient (Wildman–Crippen LogP) is 2.12. The van der Waals surface area contributed by atoms with Crippen LogP contribution in [-0.2, 0) is 0 Å². The van der Waals surface area contributed by atoms with Crippen LogP contribution in [0.2, 0.25) is 0 Å². The maximum atomic E-state index is 8.83. The summed E-state index contributed by atoms with van der Waals surface area (Å²) in [5, 5.41) is 8.83. The van der Waals surface area contributed by atoms with Gasteiger partial charge in [0.15, 0.2) is 0 Å². The SMILES string of the molecule is Cc1ccc2ncc(C#N)c(C)c2n1. The van der Waals surface area contributed by atoms with Gasteiger partial charge in [-0.15, -0.1) is 0 Å². The Labute approximate surface area is 82.0 Å². The fraction of sp³-hybridized carbons (Fsp3) is 0.182. The second-order valence-electron chi connectivity index (χ2n) is 3.23. The van der Waals surface area contributed by atoms with E-state index in [1.54, 1.807) is 6.20 Å². The van der Waals surface area contributed by atoms with Crippen molar-refractivity contribution in [3.8, 4) is 6.07 Å². The van der Waals surface area contributed by atoms with Crippen LogP contribution in [0.3, 0.4) is 0 Å². The summed E-state index contributed by atoms with van der Waals surface area (Å²) in [4.78, 5) is 8.54. The fourth-order valence-corrected chi connectivity index (χ4v) is 1.40. The minimum atomic E-state index is 0.593. The van der Waals surface area contributed by atoms with E-state index < -0.39 is 0 Å². The van der Waals surface area contributed by atoms with Crippen LogP contribution >= 0.6 is 0 Å². The van der Waals surface area contributed by atoms with Gasteiger partial charge in [0.2, 0.25) is 0 Å². The third-order valence-corrected chi connectivity index (χ3v) is 2.23. The molecular weight excluding hydrogens is 174 g/mol. The molecule has 2 heterocycles. The quantitative estimate of drug-likeness (QED) is 0.628. The lowest BCUT2D eigenvalue weighted by atomic mass is 10.1. The molecule has 0 aromatic carbocycles. The van der Waals surface area contributed by atoms with Gasteiger partial charge in [0.25, 0.3) is 0 Å².